The van der Waals surface area contributed by atoms with Gasteiger partial charge in [-0.1, -0.05) is 36.4 Å². The molecular weight excluding hydrogens is 369 g/mol. The highest BCUT2D eigenvalue weighted by atomic mass is 19.1. The van der Waals surface area contributed by atoms with Gasteiger partial charge in [0.25, 0.3) is 0 Å². The fourth-order valence-electron chi connectivity index (χ4n) is 2.46. The molecule has 2 N–H and O–H groups in total. The van der Waals surface area contributed by atoms with Gasteiger partial charge in [-0.2, -0.15) is 0 Å². The normalized spacial score (nSPS) is 10.9. The smallest absolute Gasteiger partial charge is 0.357 e. The first-order chi connectivity index (χ1) is 13.4. The number of aromatic amines is 2. The van der Waals surface area contributed by atoms with Crippen molar-refractivity contribution in [2.24, 2.45) is 0 Å². The van der Waals surface area contributed by atoms with Gasteiger partial charge in [0.1, 0.15) is 23.9 Å². The Kier molecular flexibility index (Phi) is 5.45. The van der Waals surface area contributed by atoms with Crippen LogP contribution < -0.4 is 16.0 Å². The Labute approximate surface area is 157 Å². The molecule has 0 aliphatic rings. The monoisotopic (exact) mass is 383 g/mol. The maximum absolute atomic E-state index is 13.6. The lowest BCUT2D eigenvalue weighted by Gasteiger charge is -2.07. The van der Waals surface area contributed by atoms with Crippen LogP contribution in [-0.2, 0) is 6.61 Å². The molecule has 0 fully saturated rings. The zero-order valence-corrected chi connectivity index (χ0v) is 14.3. The van der Waals surface area contributed by atoms with Gasteiger partial charge in [-0.3, -0.25) is 19.9 Å². The minimum absolute atomic E-state index is 0.0344. The van der Waals surface area contributed by atoms with E-state index in [9.17, 15) is 24.1 Å². The third-order valence-corrected chi connectivity index (χ3v) is 3.78. The van der Waals surface area contributed by atoms with E-state index >= 15 is 0 Å². The van der Waals surface area contributed by atoms with Gasteiger partial charge in [-0.25, -0.2) is 9.18 Å². The van der Waals surface area contributed by atoms with Gasteiger partial charge < -0.3 is 9.72 Å². The van der Waals surface area contributed by atoms with Gasteiger partial charge >= 0.3 is 16.9 Å². The second-order valence-corrected chi connectivity index (χ2v) is 5.71. The van der Waals surface area contributed by atoms with Gasteiger partial charge in [0.15, 0.2) is 0 Å². The second kappa shape index (κ2) is 8.12. The van der Waals surface area contributed by atoms with Crippen LogP contribution in [0.3, 0.4) is 0 Å². The molecule has 0 spiro atoms. The van der Waals surface area contributed by atoms with Crippen LogP contribution >= 0.6 is 0 Å². The number of aromatic nitrogens is 2. The number of H-pyrrole nitrogens is 2. The van der Waals surface area contributed by atoms with Gasteiger partial charge in [0.05, 0.1) is 4.92 Å². The lowest BCUT2D eigenvalue weighted by atomic mass is 10.2. The summed E-state index contributed by atoms with van der Waals surface area (Å²) in [5.74, 6) is 0.0865. The molecule has 0 bridgehead atoms. The number of halogens is 1. The summed E-state index contributed by atoms with van der Waals surface area (Å²) in [4.78, 5) is 37.2. The Morgan fingerprint density at radius 2 is 1.86 bits per heavy atom. The van der Waals surface area contributed by atoms with E-state index in [-0.39, 0.29) is 18.1 Å². The van der Waals surface area contributed by atoms with E-state index in [1.807, 2.05) is 4.98 Å². The van der Waals surface area contributed by atoms with Crippen molar-refractivity contribution in [2.75, 3.05) is 0 Å². The van der Waals surface area contributed by atoms with Crippen molar-refractivity contribution < 1.29 is 14.1 Å². The highest BCUT2D eigenvalue weighted by Gasteiger charge is 2.18. The van der Waals surface area contributed by atoms with Crippen LogP contribution in [0.25, 0.3) is 12.2 Å². The molecule has 0 aliphatic heterocycles. The fraction of sp³-hybridized carbons (Fsp3) is 0.0526. The van der Waals surface area contributed by atoms with E-state index in [4.69, 9.17) is 4.74 Å². The van der Waals surface area contributed by atoms with Gasteiger partial charge in [0, 0.05) is 5.56 Å². The van der Waals surface area contributed by atoms with E-state index in [0.717, 1.165) is 0 Å². The Hall–Kier alpha value is -4.01. The first-order valence-corrected chi connectivity index (χ1v) is 8.09. The van der Waals surface area contributed by atoms with E-state index < -0.39 is 21.9 Å². The highest BCUT2D eigenvalue weighted by molar-refractivity contribution is 5.72. The van der Waals surface area contributed by atoms with E-state index in [1.54, 1.807) is 42.5 Å². The molecule has 0 saturated heterocycles. The summed E-state index contributed by atoms with van der Waals surface area (Å²) in [6, 6.07) is 12.9. The summed E-state index contributed by atoms with van der Waals surface area (Å²) in [7, 11) is 0. The predicted molar refractivity (Wildman–Crippen MR) is 100 cm³/mol. The zero-order chi connectivity index (χ0) is 20.1. The molecule has 9 heteroatoms. The van der Waals surface area contributed by atoms with Crippen LogP contribution in [0, 0.1) is 15.9 Å². The minimum Gasteiger partial charge on any atom is -0.489 e. The molecule has 8 nitrogen and oxygen atoms in total. The summed E-state index contributed by atoms with van der Waals surface area (Å²) >= 11 is 0. The molecule has 0 aliphatic carbocycles. The maximum atomic E-state index is 13.6. The number of benzene rings is 2. The van der Waals surface area contributed by atoms with Gasteiger partial charge in [0.2, 0.25) is 0 Å². The first-order valence-electron chi connectivity index (χ1n) is 8.09. The third-order valence-electron chi connectivity index (χ3n) is 3.78. The Morgan fingerprint density at radius 1 is 1.07 bits per heavy atom. The van der Waals surface area contributed by atoms with Crippen molar-refractivity contribution >= 4 is 17.8 Å². The topological polar surface area (TPSA) is 118 Å². The molecule has 28 heavy (non-hydrogen) atoms. The molecule has 1 aromatic heterocycles. The molecular formula is C19H14FN3O5. The number of rotatable bonds is 6. The van der Waals surface area contributed by atoms with Crippen molar-refractivity contribution in [2.45, 2.75) is 6.61 Å². The first kappa shape index (κ1) is 18.8. The quantitative estimate of drug-likeness (QED) is 0.501. The average molecular weight is 383 g/mol. The zero-order valence-electron chi connectivity index (χ0n) is 14.3. The summed E-state index contributed by atoms with van der Waals surface area (Å²) in [5, 5.41) is 11.0. The SMILES string of the molecule is O=c1[nH]c(/C=C\c2cccc(OCc3ccccc3F)c2)c([N+](=O)[O-])c(=O)[nH]1. The Morgan fingerprint density at radius 3 is 2.61 bits per heavy atom. The lowest BCUT2D eigenvalue weighted by Crippen LogP contribution is -2.25. The standard InChI is InChI=1S/C19H14FN3O5/c20-15-7-2-1-5-13(15)11-28-14-6-3-4-12(10-14)8-9-16-17(23(26)27)18(24)22-19(25)21-16/h1-10H,11H2,(H2,21,22,24,25)/b9-8-. The number of nitro groups is 1. The Bertz CT molecular complexity index is 1170. The minimum atomic E-state index is -1.09. The summed E-state index contributed by atoms with van der Waals surface area (Å²) in [6.45, 7) is 0.0344. The largest absolute Gasteiger partial charge is 0.489 e. The molecule has 142 valence electrons. The van der Waals surface area contributed by atoms with Crippen molar-refractivity contribution in [3.8, 4) is 5.75 Å². The van der Waals surface area contributed by atoms with Crippen LogP contribution in [0.15, 0.2) is 58.1 Å². The van der Waals surface area contributed by atoms with Crippen molar-refractivity contribution in [3.63, 3.8) is 0 Å². The molecule has 0 atom stereocenters. The van der Waals surface area contributed by atoms with Crippen LogP contribution in [0.5, 0.6) is 5.75 Å². The second-order valence-electron chi connectivity index (χ2n) is 5.71. The number of nitrogens with zero attached hydrogens (tertiary/aromatic N) is 1. The number of ether oxygens (including phenoxy) is 1. The van der Waals surface area contributed by atoms with Crippen molar-refractivity contribution in [1.29, 1.82) is 0 Å². The summed E-state index contributed by atoms with van der Waals surface area (Å²) in [6.07, 6.45) is 2.73. The summed E-state index contributed by atoms with van der Waals surface area (Å²) < 4.78 is 19.2. The van der Waals surface area contributed by atoms with Gasteiger partial charge in [-0.05, 0) is 29.8 Å². The maximum Gasteiger partial charge on any atom is 0.357 e. The molecule has 0 radical (unpaired) electrons. The van der Waals surface area contributed by atoms with E-state index in [0.29, 0.717) is 16.9 Å². The number of hydrogen-bond acceptors (Lipinski definition) is 5. The lowest BCUT2D eigenvalue weighted by molar-refractivity contribution is -0.386. The van der Waals surface area contributed by atoms with Crippen LogP contribution in [-0.4, -0.2) is 14.9 Å². The molecule has 3 aromatic rings. The number of nitrogens with one attached hydrogen (secondary N) is 2. The predicted octanol–water partition coefficient (Wildman–Crippen LogP) is 2.86. The molecule has 0 saturated carbocycles. The van der Waals surface area contributed by atoms with Crippen molar-refractivity contribution in [3.05, 3.63) is 102 Å². The highest BCUT2D eigenvalue weighted by Crippen LogP contribution is 2.19. The van der Waals surface area contributed by atoms with E-state index in [2.05, 4.69) is 4.98 Å². The van der Waals surface area contributed by atoms with Crippen LogP contribution in [0.2, 0.25) is 0 Å². The molecule has 3 rings (SSSR count). The fourth-order valence-corrected chi connectivity index (χ4v) is 2.46. The third kappa shape index (κ3) is 4.39. The van der Waals surface area contributed by atoms with Crippen molar-refractivity contribution in [1.82, 2.24) is 9.97 Å². The van der Waals surface area contributed by atoms with E-state index in [1.165, 1.54) is 18.2 Å². The average Bonchev–Trinajstić information content (AvgIpc) is 2.65. The molecule has 2 aromatic carbocycles. The molecule has 0 unspecified atom stereocenters. The van der Waals surface area contributed by atoms with Crippen LogP contribution in [0.4, 0.5) is 10.1 Å². The molecule has 0 amide bonds. The summed E-state index contributed by atoms with van der Waals surface area (Å²) in [5.41, 5.74) is -1.92. The Balaban J connectivity index is 1.82. The molecule has 1 heterocycles. The number of hydrogen-bond donors (Lipinski definition) is 2. The van der Waals surface area contributed by atoms with Crippen LogP contribution in [0.1, 0.15) is 16.8 Å². The van der Waals surface area contributed by atoms with Gasteiger partial charge in [-0.15, -0.1) is 0 Å².